The first-order valence-electron chi connectivity index (χ1n) is 6.74. The molecule has 0 heterocycles. The van der Waals surface area contributed by atoms with Crippen LogP contribution >= 0.6 is 0 Å². The molecule has 0 bridgehead atoms. The fourth-order valence-corrected chi connectivity index (χ4v) is 3.90. The van der Waals surface area contributed by atoms with Gasteiger partial charge in [0.25, 0.3) is 0 Å². The summed E-state index contributed by atoms with van der Waals surface area (Å²) in [5, 5.41) is 0. The third-order valence-corrected chi connectivity index (χ3v) is 5.24. The highest BCUT2D eigenvalue weighted by Gasteiger charge is 2.26. The van der Waals surface area contributed by atoms with E-state index in [0.29, 0.717) is 5.69 Å². The Hall–Kier alpha value is -1.89. The van der Waals surface area contributed by atoms with Crippen LogP contribution in [0.15, 0.2) is 53.4 Å². The van der Waals surface area contributed by atoms with Crippen molar-refractivity contribution < 1.29 is 8.42 Å². The number of nitrogens with one attached hydrogen (secondary N) is 2. The molecule has 0 saturated carbocycles. The SMILES string of the molecule is NNc1ccc(S(=O)(=O)NC2Cc3ccccc3C2)cc1. The molecule has 2 aromatic rings. The largest absolute Gasteiger partial charge is 0.324 e. The van der Waals surface area contributed by atoms with Gasteiger partial charge in [0.2, 0.25) is 10.0 Å². The van der Waals surface area contributed by atoms with Gasteiger partial charge in [-0.1, -0.05) is 24.3 Å². The van der Waals surface area contributed by atoms with Gasteiger partial charge in [0.15, 0.2) is 0 Å². The number of sulfonamides is 1. The van der Waals surface area contributed by atoms with Crippen molar-refractivity contribution in [2.24, 2.45) is 5.84 Å². The predicted octanol–water partition coefficient (Wildman–Crippen LogP) is 1.42. The van der Waals surface area contributed by atoms with Gasteiger partial charge in [-0.2, -0.15) is 0 Å². The van der Waals surface area contributed by atoms with Crippen LogP contribution in [0, 0.1) is 0 Å². The number of anilines is 1. The van der Waals surface area contributed by atoms with Crippen LogP contribution in [0.25, 0.3) is 0 Å². The van der Waals surface area contributed by atoms with E-state index in [1.165, 1.54) is 11.1 Å². The van der Waals surface area contributed by atoms with E-state index < -0.39 is 10.0 Å². The summed E-state index contributed by atoms with van der Waals surface area (Å²) in [6, 6.07) is 14.3. The fraction of sp³-hybridized carbons (Fsp3) is 0.200. The maximum atomic E-state index is 12.4. The summed E-state index contributed by atoms with van der Waals surface area (Å²) in [7, 11) is -3.51. The summed E-state index contributed by atoms with van der Waals surface area (Å²) in [5.41, 5.74) is 5.58. The molecule has 4 N–H and O–H groups in total. The highest BCUT2D eigenvalue weighted by Crippen LogP contribution is 2.23. The molecule has 0 aromatic heterocycles. The number of hydrogen-bond donors (Lipinski definition) is 3. The minimum absolute atomic E-state index is 0.0836. The number of benzene rings is 2. The molecule has 0 unspecified atom stereocenters. The predicted molar refractivity (Wildman–Crippen MR) is 82.2 cm³/mol. The number of rotatable bonds is 4. The lowest BCUT2D eigenvalue weighted by Gasteiger charge is -2.13. The van der Waals surface area contributed by atoms with Crippen LogP contribution < -0.4 is 16.0 Å². The van der Waals surface area contributed by atoms with Gasteiger partial charge in [0, 0.05) is 11.7 Å². The molecule has 0 radical (unpaired) electrons. The molecule has 0 atom stereocenters. The minimum atomic E-state index is -3.51. The first-order chi connectivity index (χ1) is 10.1. The van der Waals surface area contributed by atoms with Gasteiger partial charge in [-0.15, -0.1) is 0 Å². The van der Waals surface area contributed by atoms with Gasteiger partial charge < -0.3 is 5.43 Å². The molecule has 3 rings (SSSR count). The summed E-state index contributed by atoms with van der Waals surface area (Å²) in [4.78, 5) is 0.248. The minimum Gasteiger partial charge on any atom is -0.324 e. The molecule has 1 aliphatic carbocycles. The Kier molecular flexibility index (Phi) is 3.67. The fourth-order valence-electron chi connectivity index (χ4n) is 2.66. The zero-order valence-electron chi connectivity index (χ0n) is 11.4. The molecule has 0 spiro atoms. The van der Waals surface area contributed by atoms with Gasteiger partial charge in [0.05, 0.1) is 4.90 Å². The second-order valence-corrected chi connectivity index (χ2v) is 6.88. The van der Waals surface area contributed by atoms with Crippen LogP contribution in [0.4, 0.5) is 5.69 Å². The monoisotopic (exact) mass is 303 g/mol. The van der Waals surface area contributed by atoms with Crippen LogP contribution in [-0.4, -0.2) is 14.5 Å². The van der Waals surface area contributed by atoms with Gasteiger partial charge in [-0.3, -0.25) is 5.84 Å². The van der Waals surface area contributed by atoms with Crippen molar-refractivity contribution in [2.75, 3.05) is 5.43 Å². The van der Waals surface area contributed by atoms with E-state index in [9.17, 15) is 8.42 Å². The molecule has 0 saturated heterocycles. The van der Waals surface area contributed by atoms with Crippen molar-refractivity contribution in [2.45, 2.75) is 23.8 Å². The average molecular weight is 303 g/mol. The lowest BCUT2D eigenvalue weighted by Crippen LogP contribution is -2.35. The molecule has 0 aliphatic heterocycles. The summed E-state index contributed by atoms with van der Waals surface area (Å²) in [5.74, 6) is 5.27. The van der Waals surface area contributed by atoms with Crippen molar-refractivity contribution in [1.82, 2.24) is 4.72 Å². The number of nitrogen functional groups attached to an aromatic ring is 1. The second kappa shape index (κ2) is 5.48. The Bertz CT molecular complexity index is 717. The topological polar surface area (TPSA) is 84.2 Å². The van der Waals surface area contributed by atoms with E-state index in [4.69, 9.17) is 5.84 Å². The Morgan fingerprint density at radius 1 is 0.952 bits per heavy atom. The zero-order valence-corrected chi connectivity index (χ0v) is 12.2. The Labute approximate surface area is 124 Å². The molecule has 5 nitrogen and oxygen atoms in total. The Balaban J connectivity index is 1.75. The van der Waals surface area contributed by atoms with Crippen molar-refractivity contribution in [3.63, 3.8) is 0 Å². The Morgan fingerprint density at radius 3 is 2.05 bits per heavy atom. The van der Waals surface area contributed by atoms with Gasteiger partial charge in [-0.05, 0) is 48.2 Å². The van der Waals surface area contributed by atoms with Crippen LogP contribution in [-0.2, 0) is 22.9 Å². The maximum absolute atomic E-state index is 12.4. The molecule has 1 aliphatic rings. The van der Waals surface area contributed by atoms with Crippen molar-refractivity contribution in [3.8, 4) is 0 Å². The first-order valence-corrected chi connectivity index (χ1v) is 8.22. The molecule has 21 heavy (non-hydrogen) atoms. The third kappa shape index (κ3) is 2.92. The van der Waals surface area contributed by atoms with E-state index in [1.807, 2.05) is 24.3 Å². The van der Waals surface area contributed by atoms with E-state index in [0.717, 1.165) is 12.8 Å². The van der Waals surface area contributed by atoms with Crippen molar-refractivity contribution >= 4 is 15.7 Å². The highest BCUT2D eigenvalue weighted by atomic mass is 32.2. The van der Waals surface area contributed by atoms with Crippen molar-refractivity contribution in [3.05, 3.63) is 59.7 Å². The molecule has 6 heteroatoms. The van der Waals surface area contributed by atoms with Crippen LogP contribution in [0.3, 0.4) is 0 Å². The summed E-state index contributed by atoms with van der Waals surface area (Å²) >= 11 is 0. The summed E-state index contributed by atoms with van der Waals surface area (Å²) in [6.45, 7) is 0. The first kappa shape index (κ1) is 14.1. The van der Waals surface area contributed by atoms with E-state index in [1.54, 1.807) is 24.3 Å². The molecule has 2 aromatic carbocycles. The van der Waals surface area contributed by atoms with E-state index in [-0.39, 0.29) is 10.9 Å². The quantitative estimate of drug-likeness (QED) is 0.589. The molecule has 110 valence electrons. The molecular formula is C15H17N3O2S. The number of hydrogen-bond acceptors (Lipinski definition) is 4. The Morgan fingerprint density at radius 2 is 1.52 bits per heavy atom. The smallest absolute Gasteiger partial charge is 0.240 e. The van der Waals surface area contributed by atoms with Gasteiger partial charge >= 0.3 is 0 Å². The summed E-state index contributed by atoms with van der Waals surface area (Å²) in [6.07, 6.45) is 1.47. The maximum Gasteiger partial charge on any atom is 0.240 e. The van der Waals surface area contributed by atoms with Crippen molar-refractivity contribution in [1.29, 1.82) is 0 Å². The van der Waals surface area contributed by atoms with Crippen LogP contribution in [0.1, 0.15) is 11.1 Å². The van der Waals surface area contributed by atoms with Gasteiger partial charge in [-0.25, -0.2) is 13.1 Å². The van der Waals surface area contributed by atoms with Crippen LogP contribution in [0.5, 0.6) is 0 Å². The third-order valence-electron chi connectivity index (χ3n) is 3.70. The summed E-state index contributed by atoms with van der Waals surface area (Å²) < 4.78 is 27.5. The number of hydrazine groups is 1. The van der Waals surface area contributed by atoms with E-state index >= 15 is 0 Å². The average Bonchev–Trinajstić information content (AvgIpc) is 2.88. The lowest BCUT2D eigenvalue weighted by atomic mass is 10.1. The highest BCUT2D eigenvalue weighted by molar-refractivity contribution is 7.89. The second-order valence-electron chi connectivity index (χ2n) is 5.16. The normalized spacial score (nSPS) is 14.9. The standard InChI is InChI=1S/C15H17N3O2S/c16-17-13-5-7-15(8-6-13)21(19,20)18-14-9-11-3-1-2-4-12(11)10-14/h1-8,14,17-18H,9-10,16H2. The number of fused-ring (bicyclic) bond motifs is 1. The van der Waals surface area contributed by atoms with Gasteiger partial charge in [0.1, 0.15) is 0 Å². The molecular weight excluding hydrogens is 286 g/mol. The van der Waals surface area contributed by atoms with E-state index in [2.05, 4.69) is 10.1 Å². The van der Waals surface area contributed by atoms with Crippen LogP contribution in [0.2, 0.25) is 0 Å². The number of nitrogens with two attached hydrogens (primary N) is 1. The molecule has 0 amide bonds. The zero-order chi connectivity index (χ0) is 14.9. The lowest BCUT2D eigenvalue weighted by molar-refractivity contribution is 0.555. The molecule has 0 fully saturated rings.